The van der Waals surface area contributed by atoms with E-state index in [0.717, 1.165) is 25.1 Å². The Morgan fingerprint density at radius 2 is 2.11 bits per heavy atom. The van der Waals surface area contributed by atoms with Crippen LogP contribution in [0.25, 0.3) is 0 Å². The number of aromatic nitrogens is 1. The van der Waals surface area contributed by atoms with Gasteiger partial charge in [0.2, 0.25) is 0 Å². The molecule has 0 radical (unpaired) electrons. The predicted molar refractivity (Wildman–Crippen MR) is 74.3 cm³/mol. The Kier molecular flexibility index (Phi) is 4.20. The molecule has 0 bridgehead atoms. The molecule has 1 aliphatic heterocycles. The van der Waals surface area contributed by atoms with Crippen LogP contribution in [0.2, 0.25) is 0 Å². The zero-order valence-corrected chi connectivity index (χ0v) is 12.0. The Morgan fingerprint density at radius 3 is 2.84 bits per heavy atom. The van der Waals surface area contributed by atoms with Crippen LogP contribution in [0.15, 0.2) is 18.3 Å². The van der Waals surface area contributed by atoms with E-state index in [-0.39, 0.29) is 11.3 Å². The molecule has 104 valence electrons. The lowest BCUT2D eigenvalue weighted by Gasteiger charge is -2.25. The number of amides is 1. The second-order valence-corrected chi connectivity index (χ2v) is 5.91. The van der Waals surface area contributed by atoms with Gasteiger partial charge in [0, 0.05) is 25.9 Å². The van der Waals surface area contributed by atoms with E-state index in [0.29, 0.717) is 18.8 Å². The fourth-order valence-corrected chi connectivity index (χ4v) is 2.28. The van der Waals surface area contributed by atoms with E-state index in [4.69, 9.17) is 4.74 Å². The van der Waals surface area contributed by atoms with Gasteiger partial charge in [-0.3, -0.25) is 9.78 Å². The van der Waals surface area contributed by atoms with E-state index in [1.54, 1.807) is 6.20 Å². The highest BCUT2D eigenvalue weighted by Gasteiger charge is 2.26. The molecule has 0 saturated carbocycles. The van der Waals surface area contributed by atoms with Crippen molar-refractivity contribution in [1.82, 2.24) is 9.88 Å². The molecule has 1 saturated heterocycles. The molecule has 0 spiro atoms. The van der Waals surface area contributed by atoms with Crippen molar-refractivity contribution in [3.05, 3.63) is 29.6 Å². The van der Waals surface area contributed by atoms with Crippen molar-refractivity contribution in [3.63, 3.8) is 0 Å². The zero-order valence-electron chi connectivity index (χ0n) is 12.0. The zero-order chi connectivity index (χ0) is 13.9. The average Bonchev–Trinajstić information content (AvgIpc) is 2.66. The van der Waals surface area contributed by atoms with Gasteiger partial charge in [-0.15, -0.1) is 0 Å². The van der Waals surface area contributed by atoms with Crippen LogP contribution >= 0.6 is 0 Å². The summed E-state index contributed by atoms with van der Waals surface area (Å²) in [4.78, 5) is 18.8. The highest BCUT2D eigenvalue weighted by atomic mass is 16.5. The molecule has 2 rings (SSSR count). The van der Waals surface area contributed by atoms with Crippen molar-refractivity contribution >= 4 is 5.91 Å². The molecule has 1 aromatic rings. The van der Waals surface area contributed by atoms with Crippen LogP contribution in [-0.4, -0.2) is 42.1 Å². The number of carbonyl (C=O) groups is 1. The first-order valence-electron chi connectivity index (χ1n) is 6.82. The molecule has 1 aliphatic rings. The molecule has 0 unspecified atom stereocenters. The van der Waals surface area contributed by atoms with Gasteiger partial charge in [0.25, 0.3) is 5.91 Å². The minimum absolute atomic E-state index is 0.0241. The molecule has 0 aliphatic carbocycles. The Bertz CT molecular complexity index is 444. The lowest BCUT2D eigenvalue weighted by molar-refractivity contribution is 0.0733. The summed E-state index contributed by atoms with van der Waals surface area (Å²) in [5.74, 6) is 0.0241. The van der Waals surface area contributed by atoms with Gasteiger partial charge in [-0.05, 0) is 23.5 Å². The van der Waals surface area contributed by atoms with E-state index in [2.05, 4.69) is 25.8 Å². The molecule has 0 atom stereocenters. The Morgan fingerprint density at radius 1 is 1.32 bits per heavy atom. The van der Waals surface area contributed by atoms with Crippen molar-refractivity contribution < 1.29 is 9.53 Å². The first kappa shape index (κ1) is 14.0. The second kappa shape index (κ2) is 5.70. The maximum Gasteiger partial charge on any atom is 0.272 e. The highest BCUT2D eigenvalue weighted by molar-refractivity contribution is 5.94. The van der Waals surface area contributed by atoms with E-state index in [9.17, 15) is 4.79 Å². The van der Waals surface area contributed by atoms with Crippen LogP contribution in [0.5, 0.6) is 0 Å². The molecule has 4 nitrogen and oxygen atoms in total. The predicted octanol–water partition coefficient (Wildman–Crippen LogP) is 2.24. The van der Waals surface area contributed by atoms with Crippen LogP contribution in [0.3, 0.4) is 0 Å². The number of ether oxygens (including phenoxy) is 1. The number of rotatable bonds is 1. The quantitative estimate of drug-likeness (QED) is 0.779. The Labute approximate surface area is 114 Å². The SMILES string of the molecule is CC(C)(C)c1cccnc1C(=O)N1CCCOCC1. The fourth-order valence-electron chi connectivity index (χ4n) is 2.28. The van der Waals surface area contributed by atoms with Gasteiger partial charge < -0.3 is 9.64 Å². The molecule has 1 amide bonds. The van der Waals surface area contributed by atoms with Gasteiger partial charge >= 0.3 is 0 Å². The van der Waals surface area contributed by atoms with Gasteiger partial charge in [0.1, 0.15) is 5.69 Å². The Hall–Kier alpha value is -1.42. The molecule has 19 heavy (non-hydrogen) atoms. The summed E-state index contributed by atoms with van der Waals surface area (Å²) in [6.45, 7) is 9.06. The minimum atomic E-state index is -0.0817. The van der Waals surface area contributed by atoms with E-state index >= 15 is 0 Å². The van der Waals surface area contributed by atoms with Crippen LogP contribution in [-0.2, 0) is 10.2 Å². The maximum atomic E-state index is 12.6. The summed E-state index contributed by atoms with van der Waals surface area (Å²) in [6.07, 6.45) is 2.58. The lowest BCUT2D eigenvalue weighted by Crippen LogP contribution is -2.35. The summed E-state index contributed by atoms with van der Waals surface area (Å²) >= 11 is 0. The van der Waals surface area contributed by atoms with Gasteiger partial charge in [-0.25, -0.2) is 0 Å². The standard InChI is InChI=1S/C15H22N2O2/c1-15(2,3)12-6-4-7-16-13(12)14(18)17-8-5-10-19-11-9-17/h4,6-7H,5,8-11H2,1-3H3. The first-order valence-corrected chi connectivity index (χ1v) is 6.82. The van der Waals surface area contributed by atoms with E-state index in [1.807, 2.05) is 17.0 Å². The number of hydrogen-bond donors (Lipinski definition) is 0. The summed E-state index contributed by atoms with van der Waals surface area (Å²) < 4.78 is 5.39. The molecule has 1 aromatic heterocycles. The van der Waals surface area contributed by atoms with E-state index in [1.165, 1.54) is 0 Å². The van der Waals surface area contributed by atoms with Gasteiger partial charge in [0.05, 0.1) is 6.61 Å². The van der Waals surface area contributed by atoms with Crippen molar-refractivity contribution in [3.8, 4) is 0 Å². The molecular weight excluding hydrogens is 240 g/mol. The van der Waals surface area contributed by atoms with Crippen LogP contribution in [0.4, 0.5) is 0 Å². The second-order valence-electron chi connectivity index (χ2n) is 5.91. The highest BCUT2D eigenvalue weighted by Crippen LogP contribution is 2.25. The molecule has 0 aromatic carbocycles. The minimum Gasteiger partial charge on any atom is -0.380 e. The first-order chi connectivity index (χ1) is 9.00. The number of nitrogens with zero attached hydrogens (tertiary/aromatic N) is 2. The Balaban J connectivity index is 2.28. The van der Waals surface area contributed by atoms with Crippen molar-refractivity contribution in [2.75, 3.05) is 26.3 Å². The summed E-state index contributed by atoms with van der Waals surface area (Å²) in [5.41, 5.74) is 1.50. The molecule has 0 N–H and O–H groups in total. The summed E-state index contributed by atoms with van der Waals surface area (Å²) in [7, 11) is 0. The third-order valence-corrected chi connectivity index (χ3v) is 3.33. The summed E-state index contributed by atoms with van der Waals surface area (Å²) in [5, 5.41) is 0. The smallest absolute Gasteiger partial charge is 0.272 e. The molecule has 2 heterocycles. The number of hydrogen-bond acceptors (Lipinski definition) is 3. The van der Waals surface area contributed by atoms with E-state index < -0.39 is 0 Å². The van der Waals surface area contributed by atoms with Crippen LogP contribution in [0, 0.1) is 0 Å². The van der Waals surface area contributed by atoms with Crippen LogP contribution < -0.4 is 0 Å². The van der Waals surface area contributed by atoms with Gasteiger partial charge in [0.15, 0.2) is 0 Å². The average molecular weight is 262 g/mol. The monoisotopic (exact) mass is 262 g/mol. The normalized spacial score (nSPS) is 17.1. The van der Waals surface area contributed by atoms with Crippen LogP contribution in [0.1, 0.15) is 43.2 Å². The topological polar surface area (TPSA) is 42.4 Å². The fraction of sp³-hybridized carbons (Fsp3) is 0.600. The molecule has 4 heteroatoms. The number of pyridine rings is 1. The third-order valence-electron chi connectivity index (χ3n) is 3.33. The van der Waals surface area contributed by atoms with Gasteiger partial charge in [-0.2, -0.15) is 0 Å². The molecule has 1 fully saturated rings. The van der Waals surface area contributed by atoms with Crippen molar-refractivity contribution in [2.24, 2.45) is 0 Å². The lowest BCUT2D eigenvalue weighted by atomic mass is 9.85. The largest absolute Gasteiger partial charge is 0.380 e. The number of carbonyl (C=O) groups excluding carboxylic acids is 1. The maximum absolute atomic E-state index is 12.6. The van der Waals surface area contributed by atoms with Crippen molar-refractivity contribution in [1.29, 1.82) is 0 Å². The molecular formula is C15H22N2O2. The van der Waals surface area contributed by atoms with Crippen molar-refractivity contribution in [2.45, 2.75) is 32.6 Å². The van der Waals surface area contributed by atoms with Gasteiger partial charge in [-0.1, -0.05) is 26.8 Å². The summed E-state index contributed by atoms with van der Waals surface area (Å²) in [6, 6.07) is 3.89. The third kappa shape index (κ3) is 3.32.